The summed E-state index contributed by atoms with van der Waals surface area (Å²) in [5.74, 6) is 0.972. The molecule has 0 unspecified atom stereocenters. The predicted octanol–water partition coefficient (Wildman–Crippen LogP) is 1.44. The maximum atomic E-state index is 12.0. The molecule has 1 rings (SSSR count). The zero-order valence-electron chi connectivity index (χ0n) is 11.1. The summed E-state index contributed by atoms with van der Waals surface area (Å²) < 4.78 is 25.7. The Morgan fingerprint density at radius 2 is 1.88 bits per heavy atom. The van der Waals surface area contributed by atoms with Gasteiger partial charge in [-0.3, -0.25) is 0 Å². The zero-order valence-corrected chi connectivity index (χ0v) is 11.9. The van der Waals surface area contributed by atoms with E-state index < -0.39 is 10.0 Å². The Bertz CT molecular complexity index is 296. The third kappa shape index (κ3) is 4.94. The van der Waals surface area contributed by atoms with Crippen LogP contribution in [-0.2, 0) is 10.0 Å². The van der Waals surface area contributed by atoms with Gasteiger partial charge in [0.25, 0.3) is 0 Å². The minimum Gasteiger partial charge on any atom is -0.316 e. The third-order valence-electron chi connectivity index (χ3n) is 3.45. The van der Waals surface area contributed by atoms with E-state index in [1.54, 1.807) is 4.31 Å². The maximum absolute atomic E-state index is 12.0. The third-order valence-corrected chi connectivity index (χ3v) is 5.32. The van der Waals surface area contributed by atoms with Crippen molar-refractivity contribution in [3.05, 3.63) is 0 Å². The maximum Gasteiger partial charge on any atom is 0.215 e. The molecule has 0 radical (unpaired) electrons. The first-order valence-corrected chi connectivity index (χ1v) is 8.39. The minimum atomic E-state index is -3.02. The van der Waals surface area contributed by atoms with Crippen LogP contribution in [0.2, 0.25) is 0 Å². The van der Waals surface area contributed by atoms with Crippen LogP contribution in [0.25, 0.3) is 0 Å². The predicted molar refractivity (Wildman–Crippen MR) is 71.5 cm³/mol. The molecule has 0 amide bonds. The van der Waals surface area contributed by atoms with Crippen molar-refractivity contribution in [2.24, 2.45) is 5.92 Å². The van der Waals surface area contributed by atoms with E-state index in [2.05, 4.69) is 12.2 Å². The van der Waals surface area contributed by atoms with E-state index in [4.69, 9.17) is 0 Å². The van der Waals surface area contributed by atoms with Gasteiger partial charge in [-0.05, 0) is 25.3 Å². The van der Waals surface area contributed by atoms with Gasteiger partial charge >= 0.3 is 0 Å². The van der Waals surface area contributed by atoms with E-state index in [9.17, 15) is 8.42 Å². The van der Waals surface area contributed by atoms with Gasteiger partial charge in [-0.25, -0.2) is 12.7 Å². The lowest BCUT2D eigenvalue weighted by atomic mass is 9.94. The molecule has 0 atom stereocenters. The van der Waals surface area contributed by atoms with E-state index in [1.165, 1.54) is 12.8 Å². The summed E-state index contributed by atoms with van der Waals surface area (Å²) >= 11 is 0. The number of piperidine rings is 1. The average Bonchev–Trinajstić information content (AvgIpc) is 2.30. The first kappa shape index (κ1) is 14.9. The van der Waals surface area contributed by atoms with E-state index in [-0.39, 0.29) is 5.75 Å². The lowest BCUT2D eigenvalue weighted by molar-refractivity contribution is 0.262. The molecule has 1 heterocycles. The van der Waals surface area contributed by atoms with Crippen LogP contribution in [0.1, 0.15) is 39.5 Å². The van der Waals surface area contributed by atoms with Crippen LogP contribution >= 0.6 is 0 Å². The van der Waals surface area contributed by atoms with Crippen molar-refractivity contribution in [2.75, 3.05) is 31.9 Å². The van der Waals surface area contributed by atoms with Crippen molar-refractivity contribution >= 4 is 10.0 Å². The standard InChI is InChI=1S/C12H26N2O2S/c1-3-5-12-6-9-14(10-7-12)17(15,16)11-8-13-4-2/h12-13H,3-11H2,1-2H3. The zero-order chi connectivity index (χ0) is 12.7. The van der Waals surface area contributed by atoms with E-state index >= 15 is 0 Å². The van der Waals surface area contributed by atoms with Gasteiger partial charge in [0.1, 0.15) is 0 Å². The first-order valence-electron chi connectivity index (χ1n) is 6.78. The van der Waals surface area contributed by atoms with Crippen molar-refractivity contribution in [1.29, 1.82) is 0 Å². The molecule has 1 aliphatic rings. The molecule has 0 aromatic carbocycles. The number of hydrogen-bond acceptors (Lipinski definition) is 3. The molecular formula is C12H26N2O2S. The van der Waals surface area contributed by atoms with Gasteiger partial charge in [-0.1, -0.05) is 26.7 Å². The van der Waals surface area contributed by atoms with E-state index in [1.807, 2.05) is 6.92 Å². The monoisotopic (exact) mass is 262 g/mol. The molecule has 5 heteroatoms. The number of hydrogen-bond donors (Lipinski definition) is 1. The lowest BCUT2D eigenvalue weighted by Gasteiger charge is -2.31. The Labute approximate surface area is 106 Å². The summed E-state index contributed by atoms with van der Waals surface area (Å²) in [5, 5.41) is 3.07. The van der Waals surface area contributed by atoms with Gasteiger partial charge in [0, 0.05) is 19.6 Å². The van der Waals surface area contributed by atoms with Crippen LogP contribution in [-0.4, -0.2) is 44.7 Å². The molecule has 1 fully saturated rings. The highest BCUT2D eigenvalue weighted by Crippen LogP contribution is 2.23. The Morgan fingerprint density at radius 3 is 2.41 bits per heavy atom. The molecule has 1 saturated heterocycles. The molecule has 4 nitrogen and oxygen atoms in total. The summed E-state index contributed by atoms with van der Waals surface area (Å²) in [5.41, 5.74) is 0. The normalized spacial score (nSPS) is 19.6. The van der Waals surface area contributed by atoms with E-state index in [0.29, 0.717) is 6.54 Å². The van der Waals surface area contributed by atoms with Crippen LogP contribution in [0.15, 0.2) is 0 Å². The van der Waals surface area contributed by atoms with Gasteiger partial charge in [0.2, 0.25) is 10.0 Å². The molecule has 0 aromatic heterocycles. The van der Waals surface area contributed by atoms with Crippen molar-refractivity contribution < 1.29 is 8.42 Å². The second-order valence-corrected chi connectivity index (χ2v) is 6.89. The van der Waals surface area contributed by atoms with Gasteiger partial charge < -0.3 is 5.32 Å². The van der Waals surface area contributed by atoms with Crippen molar-refractivity contribution in [1.82, 2.24) is 9.62 Å². The highest BCUT2D eigenvalue weighted by Gasteiger charge is 2.26. The second-order valence-electron chi connectivity index (χ2n) is 4.80. The van der Waals surface area contributed by atoms with Crippen LogP contribution < -0.4 is 5.32 Å². The molecule has 0 spiro atoms. The molecular weight excluding hydrogens is 236 g/mol. The fourth-order valence-corrected chi connectivity index (χ4v) is 3.82. The van der Waals surface area contributed by atoms with Crippen LogP contribution in [0.3, 0.4) is 0 Å². The summed E-state index contributed by atoms with van der Waals surface area (Å²) in [6.07, 6.45) is 4.52. The highest BCUT2D eigenvalue weighted by molar-refractivity contribution is 7.89. The van der Waals surface area contributed by atoms with Crippen molar-refractivity contribution in [3.63, 3.8) is 0 Å². The Morgan fingerprint density at radius 1 is 1.24 bits per heavy atom. The number of rotatable bonds is 7. The number of sulfonamides is 1. The fraction of sp³-hybridized carbons (Fsp3) is 1.00. The first-order chi connectivity index (χ1) is 8.10. The highest BCUT2D eigenvalue weighted by atomic mass is 32.2. The lowest BCUT2D eigenvalue weighted by Crippen LogP contribution is -2.41. The largest absolute Gasteiger partial charge is 0.316 e. The molecule has 0 aliphatic carbocycles. The van der Waals surface area contributed by atoms with Crippen molar-refractivity contribution in [2.45, 2.75) is 39.5 Å². The molecule has 17 heavy (non-hydrogen) atoms. The van der Waals surface area contributed by atoms with E-state index in [0.717, 1.165) is 38.4 Å². The summed E-state index contributed by atoms with van der Waals surface area (Å²) in [6, 6.07) is 0. The van der Waals surface area contributed by atoms with Crippen molar-refractivity contribution in [3.8, 4) is 0 Å². The van der Waals surface area contributed by atoms with Gasteiger partial charge in [0.15, 0.2) is 0 Å². The molecule has 0 aromatic rings. The Kier molecular flexibility index (Phi) is 6.44. The summed E-state index contributed by atoms with van der Waals surface area (Å²) in [7, 11) is -3.02. The smallest absolute Gasteiger partial charge is 0.215 e. The minimum absolute atomic E-state index is 0.235. The SMILES string of the molecule is CCCC1CCN(S(=O)(=O)CCNCC)CC1. The van der Waals surface area contributed by atoms with Crippen LogP contribution in [0.5, 0.6) is 0 Å². The number of nitrogens with one attached hydrogen (secondary N) is 1. The topological polar surface area (TPSA) is 49.4 Å². The van der Waals surface area contributed by atoms with Gasteiger partial charge in [-0.15, -0.1) is 0 Å². The summed E-state index contributed by atoms with van der Waals surface area (Å²) in [4.78, 5) is 0. The second kappa shape index (κ2) is 7.34. The molecule has 0 saturated carbocycles. The summed E-state index contributed by atoms with van der Waals surface area (Å²) in [6.45, 7) is 7.02. The quantitative estimate of drug-likeness (QED) is 0.706. The molecule has 0 bridgehead atoms. The molecule has 1 aliphatic heterocycles. The Hall–Kier alpha value is -0.130. The van der Waals surface area contributed by atoms with Crippen LogP contribution in [0, 0.1) is 5.92 Å². The molecule has 102 valence electrons. The molecule has 1 N–H and O–H groups in total. The van der Waals surface area contributed by atoms with Gasteiger partial charge in [0.05, 0.1) is 5.75 Å². The fourth-order valence-electron chi connectivity index (χ4n) is 2.39. The van der Waals surface area contributed by atoms with Crippen LogP contribution in [0.4, 0.5) is 0 Å². The van der Waals surface area contributed by atoms with Gasteiger partial charge in [-0.2, -0.15) is 0 Å². The number of nitrogens with zero attached hydrogens (tertiary/aromatic N) is 1. The average molecular weight is 262 g/mol. The Balaban J connectivity index is 2.36.